The van der Waals surface area contributed by atoms with Gasteiger partial charge in [0, 0.05) is 11.8 Å². The molecule has 0 saturated carbocycles. The number of aromatic nitrogens is 3. The van der Waals surface area contributed by atoms with Gasteiger partial charge in [0.25, 0.3) is 5.82 Å². The van der Waals surface area contributed by atoms with Crippen LogP contribution in [0.4, 0.5) is 13.2 Å². The van der Waals surface area contributed by atoms with Crippen LogP contribution in [0.15, 0.2) is 53.4 Å². The van der Waals surface area contributed by atoms with Crippen LogP contribution in [0.1, 0.15) is 5.82 Å². The molecular weight excluding hydrogens is 371 g/mol. The van der Waals surface area contributed by atoms with E-state index in [0.29, 0.717) is 0 Å². The first kappa shape index (κ1) is 17.9. The van der Waals surface area contributed by atoms with Crippen molar-refractivity contribution in [3.05, 3.63) is 54.4 Å². The summed E-state index contributed by atoms with van der Waals surface area (Å²) >= 11 is 0. The van der Waals surface area contributed by atoms with E-state index >= 15 is 0 Å². The van der Waals surface area contributed by atoms with Crippen molar-refractivity contribution in [1.82, 2.24) is 14.8 Å². The molecule has 136 valence electrons. The number of halogens is 3. The number of benzene rings is 2. The van der Waals surface area contributed by atoms with Crippen molar-refractivity contribution in [3.63, 3.8) is 0 Å². The largest absolute Gasteiger partial charge is 0.508 e. The fraction of sp³-hybridized carbons (Fsp3) is 0.125. The molecule has 6 nitrogen and oxygen atoms in total. The standard InChI is InChI=1S/C16H12F3N3O3S/c1-26(24,25)13-8-2-10(3-9-13)14-20-15(16(17,18)19)21-22(14)11-4-6-12(23)7-5-11/h2-9,23H,1H3. The molecular formula is C16H12F3N3O3S. The smallest absolute Gasteiger partial charge is 0.453 e. The molecule has 0 amide bonds. The van der Waals surface area contributed by atoms with Crippen LogP contribution >= 0.6 is 0 Å². The first-order valence-corrected chi connectivity index (χ1v) is 9.09. The van der Waals surface area contributed by atoms with E-state index in [9.17, 15) is 26.7 Å². The SMILES string of the molecule is CS(=O)(=O)c1ccc(-c2nc(C(F)(F)F)nn2-c2ccc(O)cc2)cc1. The molecule has 0 radical (unpaired) electrons. The molecule has 0 aliphatic rings. The molecule has 0 aliphatic carbocycles. The summed E-state index contributed by atoms with van der Waals surface area (Å²) in [4.78, 5) is 3.59. The van der Waals surface area contributed by atoms with Gasteiger partial charge in [-0.05, 0) is 48.5 Å². The topological polar surface area (TPSA) is 85.1 Å². The lowest BCUT2D eigenvalue weighted by molar-refractivity contribution is -0.144. The Kier molecular flexibility index (Phi) is 4.23. The lowest BCUT2D eigenvalue weighted by Crippen LogP contribution is -2.08. The number of aromatic hydroxyl groups is 1. The van der Waals surface area contributed by atoms with Crippen LogP contribution in [0.2, 0.25) is 0 Å². The lowest BCUT2D eigenvalue weighted by Gasteiger charge is -2.07. The molecule has 3 aromatic rings. The van der Waals surface area contributed by atoms with Crippen LogP contribution in [0.3, 0.4) is 0 Å². The zero-order chi connectivity index (χ0) is 19.1. The number of phenolic OH excluding ortho intramolecular Hbond substituents is 1. The van der Waals surface area contributed by atoms with Crippen molar-refractivity contribution in [2.45, 2.75) is 11.1 Å². The van der Waals surface area contributed by atoms with E-state index < -0.39 is 21.8 Å². The first-order chi connectivity index (χ1) is 12.1. The van der Waals surface area contributed by atoms with Crippen LogP contribution in [0.5, 0.6) is 5.75 Å². The van der Waals surface area contributed by atoms with Crippen molar-refractivity contribution in [2.24, 2.45) is 0 Å². The molecule has 0 fully saturated rings. The summed E-state index contributed by atoms with van der Waals surface area (Å²) in [5.74, 6) is -1.49. The third-order valence-corrected chi connectivity index (χ3v) is 4.62. The number of hydrogen-bond acceptors (Lipinski definition) is 5. The Morgan fingerprint density at radius 1 is 1.00 bits per heavy atom. The number of hydrogen-bond donors (Lipinski definition) is 1. The van der Waals surface area contributed by atoms with Gasteiger partial charge in [-0.15, -0.1) is 5.10 Å². The Morgan fingerprint density at radius 3 is 2.08 bits per heavy atom. The second-order valence-electron chi connectivity index (χ2n) is 5.48. The lowest BCUT2D eigenvalue weighted by atomic mass is 10.2. The maximum Gasteiger partial charge on any atom is 0.453 e. The minimum absolute atomic E-state index is 0.0352. The Hall–Kier alpha value is -2.88. The molecule has 26 heavy (non-hydrogen) atoms. The molecule has 2 aromatic carbocycles. The highest BCUT2D eigenvalue weighted by molar-refractivity contribution is 7.90. The highest BCUT2D eigenvalue weighted by Crippen LogP contribution is 2.31. The van der Waals surface area contributed by atoms with Crippen LogP contribution in [0, 0.1) is 0 Å². The molecule has 3 rings (SSSR count). The molecule has 1 heterocycles. The number of nitrogens with zero attached hydrogens (tertiary/aromatic N) is 3. The van der Waals surface area contributed by atoms with Crippen molar-refractivity contribution >= 4 is 9.84 Å². The molecule has 1 aromatic heterocycles. The molecule has 0 bridgehead atoms. The molecule has 0 spiro atoms. The Balaban J connectivity index is 2.16. The summed E-state index contributed by atoms with van der Waals surface area (Å²) in [5, 5.41) is 12.9. The average molecular weight is 383 g/mol. The summed E-state index contributed by atoms with van der Waals surface area (Å²) in [6.45, 7) is 0. The minimum atomic E-state index is -4.75. The molecule has 10 heteroatoms. The number of phenols is 1. The van der Waals surface area contributed by atoms with Crippen molar-refractivity contribution < 1.29 is 26.7 Å². The van der Waals surface area contributed by atoms with Gasteiger partial charge in [0.15, 0.2) is 15.7 Å². The van der Waals surface area contributed by atoms with Crippen LogP contribution in [-0.4, -0.2) is 34.5 Å². The maximum atomic E-state index is 13.0. The van der Waals surface area contributed by atoms with E-state index in [-0.39, 0.29) is 27.7 Å². The second kappa shape index (κ2) is 6.13. The van der Waals surface area contributed by atoms with E-state index in [1.807, 2.05) is 0 Å². The van der Waals surface area contributed by atoms with Gasteiger partial charge in [0.05, 0.1) is 10.6 Å². The first-order valence-electron chi connectivity index (χ1n) is 7.20. The molecule has 0 aliphatic heterocycles. The number of sulfone groups is 1. The highest BCUT2D eigenvalue weighted by atomic mass is 32.2. The average Bonchev–Trinajstić information content (AvgIpc) is 3.00. The second-order valence-corrected chi connectivity index (χ2v) is 7.50. The number of alkyl halides is 3. The third kappa shape index (κ3) is 3.54. The zero-order valence-electron chi connectivity index (χ0n) is 13.3. The predicted molar refractivity (Wildman–Crippen MR) is 86.6 cm³/mol. The van der Waals surface area contributed by atoms with Gasteiger partial charge in [-0.25, -0.2) is 18.1 Å². The number of rotatable bonds is 3. The maximum absolute atomic E-state index is 13.0. The fourth-order valence-electron chi connectivity index (χ4n) is 2.24. The predicted octanol–water partition coefficient (Wildman–Crippen LogP) is 3.06. The Morgan fingerprint density at radius 2 is 1.58 bits per heavy atom. The Labute approximate surface area is 146 Å². The summed E-state index contributed by atoms with van der Waals surface area (Å²) in [7, 11) is -3.44. The molecule has 0 atom stereocenters. The molecule has 1 N–H and O–H groups in total. The van der Waals surface area contributed by atoms with Gasteiger partial charge >= 0.3 is 6.18 Å². The van der Waals surface area contributed by atoms with E-state index in [0.717, 1.165) is 10.9 Å². The summed E-state index contributed by atoms with van der Waals surface area (Å²) in [6, 6.07) is 10.7. The Bertz CT molecular complexity index is 1040. The normalized spacial score (nSPS) is 12.3. The monoisotopic (exact) mass is 383 g/mol. The van der Waals surface area contributed by atoms with Crippen LogP contribution in [-0.2, 0) is 16.0 Å². The van der Waals surface area contributed by atoms with E-state index in [1.54, 1.807) is 0 Å². The van der Waals surface area contributed by atoms with E-state index in [2.05, 4.69) is 10.1 Å². The van der Waals surface area contributed by atoms with Gasteiger partial charge in [0.2, 0.25) is 0 Å². The highest BCUT2D eigenvalue weighted by Gasteiger charge is 2.37. The fourth-order valence-corrected chi connectivity index (χ4v) is 2.87. The minimum Gasteiger partial charge on any atom is -0.508 e. The van der Waals surface area contributed by atoms with E-state index in [4.69, 9.17) is 0 Å². The van der Waals surface area contributed by atoms with Gasteiger partial charge < -0.3 is 5.11 Å². The van der Waals surface area contributed by atoms with Gasteiger partial charge in [-0.3, -0.25) is 0 Å². The molecule has 0 unspecified atom stereocenters. The van der Waals surface area contributed by atoms with Crippen molar-refractivity contribution in [3.8, 4) is 22.8 Å². The van der Waals surface area contributed by atoms with E-state index in [1.165, 1.54) is 48.5 Å². The van der Waals surface area contributed by atoms with Gasteiger partial charge in [-0.2, -0.15) is 13.2 Å². The third-order valence-electron chi connectivity index (χ3n) is 3.50. The summed E-state index contributed by atoms with van der Waals surface area (Å²) in [6.07, 6.45) is -3.72. The van der Waals surface area contributed by atoms with Crippen molar-refractivity contribution in [2.75, 3.05) is 6.26 Å². The quantitative estimate of drug-likeness (QED) is 0.751. The van der Waals surface area contributed by atoms with Crippen molar-refractivity contribution in [1.29, 1.82) is 0 Å². The zero-order valence-corrected chi connectivity index (χ0v) is 14.1. The summed E-state index contributed by atoms with van der Waals surface area (Å²) in [5.41, 5.74) is 0.515. The van der Waals surface area contributed by atoms with Crippen LogP contribution in [0.25, 0.3) is 17.1 Å². The van der Waals surface area contributed by atoms with Gasteiger partial charge in [-0.1, -0.05) is 0 Å². The molecule has 0 saturated heterocycles. The van der Waals surface area contributed by atoms with Crippen LogP contribution < -0.4 is 0 Å². The van der Waals surface area contributed by atoms with Gasteiger partial charge in [0.1, 0.15) is 5.75 Å². The summed E-state index contributed by atoms with van der Waals surface area (Å²) < 4.78 is 63.2.